The fourth-order valence-corrected chi connectivity index (χ4v) is 5.09. The minimum Gasteiger partial charge on any atom is -0.491 e. The van der Waals surface area contributed by atoms with Crippen LogP contribution in [0.25, 0.3) is 0 Å². The maximum Gasteiger partial charge on any atom is 0.418 e. The molecular weight excluding hydrogens is 510 g/mol. The van der Waals surface area contributed by atoms with Crippen LogP contribution in [-0.4, -0.2) is 38.4 Å². The predicted molar refractivity (Wildman–Crippen MR) is 126 cm³/mol. The number of amides is 3. The molecule has 1 unspecified atom stereocenters. The van der Waals surface area contributed by atoms with Crippen molar-refractivity contribution in [1.29, 1.82) is 0 Å². The van der Waals surface area contributed by atoms with E-state index in [9.17, 15) is 27.2 Å². The van der Waals surface area contributed by atoms with Gasteiger partial charge in [-0.05, 0) is 35.9 Å². The Balaban J connectivity index is 1.20. The van der Waals surface area contributed by atoms with Gasteiger partial charge in [-0.3, -0.25) is 4.79 Å². The first-order valence-corrected chi connectivity index (χ1v) is 11.6. The molecule has 0 radical (unpaired) electrons. The molecule has 3 aliphatic rings. The number of urea groups is 1. The average Bonchev–Trinajstić information content (AvgIpc) is 3.55. The van der Waals surface area contributed by atoms with Gasteiger partial charge in [-0.1, -0.05) is 18.2 Å². The molecule has 6 rings (SSSR count). The molecule has 0 saturated heterocycles. The first-order chi connectivity index (χ1) is 18.2. The lowest BCUT2D eigenvalue weighted by Gasteiger charge is -2.23. The fraction of sp³-hybridized carbons (Fsp3) is 0.231. The monoisotopic (exact) mass is 529 g/mol. The van der Waals surface area contributed by atoms with E-state index < -0.39 is 34.7 Å². The normalized spacial score (nSPS) is 18.8. The molecule has 0 bridgehead atoms. The molecule has 1 spiro atoms. The number of benzene rings is 3. The van der Waals surface area contributed by atoms with Crippen LogP contribution < -0.4 is 29.7 Å². The second kappa shape index (κ2) is 8.54. The van der Waals surface area contributed by atoms with Gasteiger partial charge in [0, 0.05) is 30.4 Å². The Morgan fingerprint density at radius 1 is 0.974 bits per heavy atom. The van der Waals surface area contributed by atoms with E-state index in [4.69, 9.17) is 14.2 Å². The zero-order valence-electron chi connectivity index (χ0n) is 19.5. The minimum atomic E-state index is -4.86. The van der Waals surface area contributed by atoms with Gasteiger partial charge in [-0.2, -0.15) is 13.2 Å². The van der Waals surface area contributed by atoms with Crippen LogP contribution in [0.4, 0.5) is 33.7 Å². The largest absolute Gasteiger partial charge is 0.491 e. The Morgan fingerprint density at radius 2 is 1.74 bits per heavy atom. The number of carbonyl (C=O) groups is 2. The lowest BCUT2D eigenvalue weighted by atomic mass is 9.77. The summed E-state index contributed by atoms with van der Waals surface area (Å²) in [6, 6.07) is 11.7. The van der Waals surface area contributed by atoms with Crippen LogP contribution in [-0.2, 0) is 16.4 Å². The molecule has 3 aliphatic heterocycles. The summed E-state index contributed by atoms with van der Waals surface area (Å²) in [7, 11) is 0. The number of anilines is 2. The Hall–Kier alpha value is -4.48. The van der Waals surface area contributed by atoms with E-state index in [1.807, 2.05) is 12.1 Å². The van der Waals surface area contributed by atoms with Crippen LogP contribution in [0.5, 0.6) is 17.2 Å². The van der Waals surface area contributed by atoms with E-state index in [2.05, 4.69) is 10.6 Å². The van der Waals surface area contributed by atoms with Crippen molar-refractivity contribution in [3.63, 3.8) is 0 Å². The molecule has 0 aromatic heterocycles. The number of rotatable bonds is 4. The molecule has 0 aliphatic carbocycles. The number of nitrogens with zero attached hydrogens (tertiary/aromatic N) is 1. The van der Waals surface area contributed by atoms with Crippen LogP contribution in [0.1, 0.15) is 16.7 Å². The molecule has 1 atom stereocenters. The van der Waals surface area contributed by atoms with E-state index in [0.29, 0.717) is 34.6 Å². The smallest absolute Gasteiger partial charge is 0.418 e. The van der Waals surface area contributed by atoms with Gasteiger partial charge in [0.15, 0.2) is 11.5 Å². The van der Waals surface area contributed by atoms with Crippen LogP contribution in [0, 0.1) is 5.82 Å². The third kappa shape index (κ3) is 3.66. The molecule has 3 heterocycles. The third-order valence-electron chi connectivity index (χ3n) is 6.80. The molecule has 0 saturated carbocycles. The van der Waals surface area contributed by atoms with Gasteiger partial charge in [0.2, 0.25) is 12.7 Å². The zero-order valence-corrected chi connectivity index (χ0v) is 19.5. The highest BCUT2D eigenvalue weighted by molar-refractivity contribution is 6.11. The lowest BCUT2D eigenvalue weighted by Crippen LogP contribution is -2.45. The van der Waals surface area contributed by atoms with Crippen LogP contribution >= 0.6 is 0 Å². The summed E-state index contributed by atoms with van der Waals surface area (Å²) in [6.45, 7) is 0.105. The number of alkyl halides is 3. The summed E-state index contributed by atoms with van der Waals surface area (Å²) < 4.78 is 69.9. The summed E-state index contributed by atoms with van der Waals surface area (Å²) in [6.07, 6.45) is -4.86. The summed E-state index contributed by atoms with van der Waals surface area (Å²) in [5.41, 5.74) is -1.01. The van der Waals surface area contributed by atoms with Gasteiger partial charge in [0.1, 0.15) is 23.6 Å². The number of carbonyl (C=O) groups excluding carboxylic acids is 2. The van der Waals surface area contributed by atoms with Gasteiger partial charge < -0.3 is 29.7 Å². The maximum absolute atomic E-state index is 13.9. The molecule has 3 aromatic rings. The Labute approximate surface area is 213 Å². The van der Waals surface area contributed by atoms with Crippen molar-refractivity contribution in [2.75, 3.05) is 36.7 Å². The lowest BCUT2D eigenvalue weighted by molar-refractivity contribution is -0.137. The second-order valence-electron chi connectivity index (χ2n) is 8.94. The predicted octanol–water partition coefficient (Wildman–Crippen LogP) is 4.42. The van der Waals surface area contributed by atoms with Crippen molar-refractivity contribution >= 4 is 23.3 Å². The highest BCUT2D eigenvalue weighted by Crippen LogP contribution is 2.54. The number of hydrogen-bond donors (Lipinski definition) is 2. The Bertz CT molecular complexity index is 1480. The van der Waals surface area contributed by atoms with E-state index in [1.54, 1.807) is 24.3 Å². The van der Waals surface area contributed by atoms with E-state index in [1.165, 1.54) is 4.90 Å². The highest BCUT2D eigenvalue weighted by atomic mass is 19.4. The van der Waals surface area contributed by atoms with Gasteiger partial charge in [0.25, 0.3) is 0 Å². The summed E-state index contributed by atoms with van der Waals surface area (Å²) >= 11 is 0. The number of hydrogen-bond acceptors (Lipinski definition) is 5. The maximum atomic E-state index is 13.9. The first-order valence-electron chi connectivity index (χ1n) is 11.6. The number of fused-ring (bicyclic) bond motifs is 5. The zero-order chi connectivity index (χ0) is 26.7. The average molecular weight is 529 g/mol. The topological polar surface area (TPSA) is 89.1 Å². The number of ether oxygens (including phenoxy) is 3. The Kier molecular flexibility index (Phi) is 5.37. The van der Waals surface area contributed by atoms with Crippen molar-refractivity contribution in [3.8, 4) is 17.2 Å². The summed E-state index contributed by atoms with van der Waals surface area (Å²) in [4.78, 5) is 27.8. The van der Waals surface area contributed by atoms with Crippen molar-refractivity contribution in [2.24, 2.45) is 0 Å². The first kappa shape index (κ1) is 23.9. The number of nitrogens with one attached hydrogen (secondary N) is 2. The molecule has 3 aromatic carbocycles. The van der Waals surface area contributed by atoms with Crippen LogP contribution in [0.15, 0.2) is 54.6 Å². The van der Waals surface area contributed by atoms with E-state index in [-0.39, 0.29) is 32.4 Å². The van der Waals surface area contributed by atoms with Crippen LogP contribution in [0.2, 0.25) is 0 Å². The standard InChI is InChI=1S/C26H19F4N3O5/c27-14-5-6-18(16(9-14)26(28,29)30)32-24(35)31-7-8-33-19-4-2-1-3-15(19)25(23(33)34)12-36-20-11-22-21(10-17(20)25)37-13-38-22/h1-6,9-11H,7-8,12-13H2,(H2,31,32,35). The third-order valence-corrected chi connectivity index (χ3v) is 6.80. The van der Waals surface area contributed by atoms with Gasteiger partial charge in [0.05, 0.1) is 11.3 Å². The van der Waals surface area contributed by atoms with Gasteiger partial charge in [-0.15, -0.1) is 0 Å². The van der Waals surface area contributed by atoms with Gasteiger partial charge >= 0.3 is 12.2 Å². The SMILES string of the molecule is O=C(NCCN1C(=O)C2(COc3cc4c(cc32)OCO4)c2ccccc21)Nc1ccc(F)cc1C(F)(F)F. The number of halogens is 4. The molecule has 2 N–H and O–H groups in total. The quantitative estimate of drug-likeness (QED) is 0.489. The molecule has 12 heteroatoms. The minimum absolute atomic E-state index is 0.0421. The van der Waals surface area contributed by atoms with Crippen molar-refractivity contribution < 1.29 is 41.4 Å². The van der Waals surface area contributed by atoms with Gasteiger partial charge in [-0.25, -0.2) is 9.18 Å². The van der Waals surface area contributed by atoms with Crippen molar-refractivity contribution in [1.82, 2.24) is 5.32 Å². The van der Waals surface area contributed by atoms with Crippen molar-refractivity contribution in [2.45, 2.75) is 11.6 Å². The second-order valence-corrected chi connectivity index (χ2v) is 8.94. The molecule has 38 heavy (non-hydrogen) atoms. The summed E-state index contributed by atoms with van der Waals surface area (Å²) in [5.74, 6) is 0.203. The van der Waals surface area contributed by atoms with Crippen LogP contribution in [0.3, 0.4) is 0 Å². The molecular formula is C26H19F4N3O5. The highest BCUT2D eigenvalue weighted by Gasteiger charge is 2.57. The van der Waals surface area contributed by atoms with E-state index >= 15 is 0 Å². The molecule has 196 valence electrons. The summed E-state index contributed by atoms with van der Waals surface area (Å²) in [5, 5.41) is 4.56. The van der Waals surface area contributed by atoms with Crippen molar-refractivity contribution in [3.05, 3.63) is 77.1 Å². The number of para-hydroxylation sites is 1. The molecule has 8 nitrogen and oxygen atoms in total. The molecule has 0 fully saturated rings. The Morgan fingerprint density at radius 3 is 2.53 bits per heavy atom. The molecule has 3 amide bonds. The van der Waals surface area contributed by atoms with E-state index in [0.717, 1.165) is 17.7 Å². The fourth-order valence-electron chi connectivity index (χ4n) is 5.09.